The predicted octanol–water partition coefficient (Wildman–Crippen LogP) is 3.08. The number of benzene rings is 1. The van der Waals surface area contributed by atoms with Gasteiger partial charge in [0, 0.05) is 22.6 Å². The van der Waals surface area contributed by atoms with Crippen molar-refractivity contribution in [3.05, 3.63) is 33.8 Å². The van der Waals surface area contributed by atoms with E-state index in [9.17, 15) is 9.59 Å². The molecule has 0 bridgehead atoms. The molecule has 1 rings (SSSR count). The number of aryl methyl sites for hydroxylation is 1. The summed E-state index contributed by atoms with van der Waals surface area (Å²) >= 11 is 3.40. The molecule has 0 saturated carbocycles. The molecule has 1 N–H and O–H groups in total. The maximum Gasteiger partial charge on any atom is 0.305 e. The summed E-state index contributed by atoms with van der Waals surface area (Å²) in [6.07, 6.45) is -0.0447. The zero-order valence-electron chi connectivity index (χ0n) is 11.3. The van der Waals surface area contributed by atoms with Crippen molar-refractivity contribution in [1.29, 1.82) is 0 Å². The number of halogens is 1. The molecule has 0 aliphatic heterocycles. The van der Waals surface area contributed by atoms with Gasteiger partial charge < -0.3 is 10.0 Å². The molecule has 19 heavy (non-hydrogen) atoms. The summed E-state index contributed by atoms with van der Waals surface area (Å²) in [6, 6.07) is 5.37. The predicted molar refractivity (Wildman–Crippen MR) is 77.3 cm³/mol. The van der Waals surface area contributed by atoms with E-state index in [0.717, 1.165) is 10.0 Å². The van der Waals surface area contributed by atoms with Gasteiger partial charge in [-0.3, -0.25) is 9.59 Å². The molecule has 5 heteroatoms. The van der Waals surface area contributed by atoms with Gasteiger partial charge in [0.25, 0.3) is 5.91 Å². The molecule has 0 heterocycles. The van der Waals surface area contributed by atoms with E-state index in [1.54, 1.807) is 17.0 Å². The maximum atomic E-state index is 12.4. The van der Waals surface area contributed by atoms with Crippen LogP contribution in [0.5, 0.6) is 0 Å². The first-order chi connectivity index (χ1) is 8.82. The molecule has 0 fully saturated rings. The lowest BCUT2D eigenvalue weighted by atomic mass is 10.1. The van der Waals surface area contributed by atoms with Crippen LogP contribution >= 0.6 is 15.9 Å². The standard InChI is InChI=1S/C14H18BrNO3/c1-9(2)16(7-6-13(17)18)14(19)11-5-4-10(3)12(15)8-11/h4-5,8-9H,6-7H2,1-3H3,(H,17,18). The van der Waals surface area contributed by atoms with Crippen LogP contribution in [-0.4, -0.2) is 34.5 Å². The average molecular weight is 328 g/mol. The number of carbonyl (C=O) groups is 2. The van der Waals surface area contributed by atoms with Crippen molar-refractivity contribution >= 4 is 27.8 Å². The third kappa shape index (κ3) is 4.35. The Balaban J connectivity index is 2.92. The first-order valence-corrected chi connectivity index (χ1v) is 6.91. The second-order valence-corrected chi connectivity index (χ2v) is 5.55. The summed E-state index contributed by atoms with van der Waals surface area (Å²) in [7, 11) is 0. The molecular formula is C14H18BrNO3. The molecule has 4 nitrogen and oxygen atoms in total. The van der Waals surface area contributed by atoms with E-state index < -0.39 is 5.97 Å². The van der Waals surface area contributed by atoms with Crippen molar-refractivity contribution in [2.45, 2.75) is 33.2 Å². The zero-order valence-corrected chi connectivity index (χ0v) is 12.9. The third-order valence-corrected chi connectivity index (χ3v) is 3.72. The Labute approximate surface area is 121 Å². The minimum atomic E-state index is -0.900. The Bertz CT molecular complexity index is 486. The van der Waals surface area contributed by atoms with E-state index in [0.29, 0.717) is 5.56 Å². The normalized spacial score (nSPS) is 10.6. The molecule has 1 aromatic carbocycles. The van der Waals surface area contributed by atoms with Crippen LogP contribution in [-0.2, 0) is 4.79 Å². The van der Waals surface area contributed by atoms with E-state index in [2.05, 4.69) is 15.9 Å². The van der Waals surface area contributed by atoms with Crippen molar-refractivity contribution in [3.8, 4) is 0 Å². The van der Waals surface area contributed by atoms with Crippen molar-refractivity contribution < 1.29 is 14.7 Å². The zero-order chi connectivity index (χ0) is 14.6. The van der Waals surface area contributed by atoms with Crippen molar-refractivity contribution in [2.75, 3.05) is 6.54 Å². The highest BCUT2D eigenvalue weighted by atomic mass is 79.9. The van der Waals surface area contributed by atoms with Gasteiger partial charge in [-0.2, -0.15) is 0 Å². The van der Waals surface area contributed by atoms with Gasteiger partial charge in [-0.25, -0.2) is 0 Å². The molecular weight excluding hydrogens is 310 g/mol. The maximum absolute atomic E-state index is 12.4. The highest BCUT2D eigenvalue weighted by Gasteiger charge is 2.19. The molecule has 0 unspecified atom stereocenters. The number of rotatable bonds is 5. The highest BCUT2D eigenvalue weighted by molar-refractivity contribution is 9.10. The first-order valence-electron chi connectivity index (χ1n) is 6.12. The smallest absolute Gasteiger partial charge is 0.305 e. The van der Waals surface area contributed by atoms with E-state index in [-0.39, 0.29) is 24.9 Å². The minimum absolute atomic E-state index is 0.0353. The second-order valence-electron chi connectivity index (χ2n) is 4.70. The molecule has 0 spiro atoms. The van der Waals surface area contributed by atoms with Gasteiger partial charge in [0.1, 0.15) is 0 Å². The Morgan fingerprint density at radius 2 is 2.00 bits per heavy atom. The lowest BCUT2D eigenvalue weighted by Gasteiger charge is -2.26. The molecule has 0 aliphatic rings. The molecule has 0 aromatic heterocycles. The van der Waals surface area contributed by atoms with Gasteiger partial charge in [-0.1, -0.05) is 22.0 Å². The van der Waals surface area contributed by atoms with Crippen LogP contribution in [0.3, 0.4) is 0 Å². The quantitative estimate of drug-likeness (QED) is 0.904. The van der Waals surface area contributed by atoms with Gasteiger partial charge in [0.2, 0.25) is 0 Å². The molecule has 1 amide bonds. The molecule has 1 aromatic rings. The SMILES string of the molecule is Cc1ccc(C(=O)N(CCC(=O)O)C(C)C)cc1Br. The van der Waals surface area contributed by atoms with Gasteiger partial charge in [-0.05, 0) is 38.5 Å². The molecule has 0 atom stereocenters. The van der Waals surface area contributed by atoms with E-state index >= 15 is 0 Å². The monoisotopic (exact) mass is 327 g/mol. The summed E-state index contributed by atoms with van der Waals surface area (Å²) in [5.41, 5.74) is 1.62. The molecule has 0 radical (unpaired) electrons. The summed E-state index contributed by atoms with van der Waals surface area (Å²) in [5.74, 6) is -1.04. The van der Waals surface area contributed by atoms with E-state index in [1.165, 1.54) is 0 Å². The highest BCUT2D eigenvalue weighted by Crippen LogP contribution is 2.19. The molecule has 104 valence electrons. The summed E-state index contributed by atoms with van der Waals surface area (Å²) in [6.45, 7) is 5.92. The fourth-order valence-electron chi connectivity index (χ4n) is 1.70. The van der Waals surface area contributed by atoms with Crippen molar-refractivity contribution in [3.63, 3.8) is 0 Å². The second kappa shape index (κ2) is 6.70. The first kappa shape index (κ1) is 15.7. The van der Waals surface area contributed by atoms with Crippen LogP contribution in [0.2, 0.25) is 0 Å². The Kier molecular flexibility index (Phi) is 5.54. The largest absolute Gasteiger partial charge is 0.481 e. The summed E-state index contributed by atoms with van der Waals surface area (Å²) in [4.78, 5) is 24.6. The third-order valence-electron chi connectivity index (χ3n) is 2.87. The van der Waals surface area contributed by atoms with Gasteiger partial charge in [-0.15, -0.1) is 0 Å². The number of aliphatic carboxylic acids is 1. The van der Waals surface area contributed by atoms with E-state index in [1.807, 2.05) is 26.8 Å². The van der Waals surface area contributed by atoms with Crippen LogP contribution in [0.4, 0.5) is 0 Å². The Morgan fingerprint density at radius 1 is 1.37 bits per heavy atom. The number of amides is 1. The average Bonchev–Trinajstić information content (AvgIpc) is 2.31. The lowest BCUT2D eigenvalue weighted by molar-refractivity contribution is -0.137. The topological polar surface area (TPSA) is 57.6 Å². The number of carboxylic acids is 1. The van der Waals surface area contributed by atoms with E-state index in [4.69, 9.17) is 5.11 Å². The fourth-order valence-corrected chi connectivity index (χ4v) is 2.08. The van der Waals surface area contributed by atoms with Crippen LogP contribution < -0.4 is 0 Å². The van der Waals surface area contributed by atoms with Gasteiger partial charge in [0.05, 0.1) is 6.42 Å². The fraction of sp³-hybridized carbons (Fsp3) is 0.429. The Morgan fingerprint density at radius 3 is 2.47 bits per heavy atom. The van der Waals surface area contributed by atoms with Crippen LogP contribution in [0.1, 0.15) is 36.2 Å². The summed E-state index contributed by atoms with van der Waals surface area (Å²) in [5, 5.41) is 8.73. The van der Waals surface area contributed by atoms with Crippen LogP contribution in [0.15, 0.2) is 22.7 Å². The van der Waals surface area contributed by atoms with Crippen molar-refractivity contribution in [2.24, 2.45) is 0 Å². The number of hydrogen-bond donors (Lipinski definition) is 1. The van der Waals surface area contributed by atoms with Crippen molar-refractivity contribution in [1.82, 2.24) is 4.90 Å². The number of carboxylic acid groups (broad SMARTS) is 1. The van der Waals surface area contributed by atoms with Gasteiger partial charge in [0.15, 0.2) is 0 Å². The lowest BCUT2D eigenvalue weighted by Crippen LogP contribution is -2.38. The minimum Gasteiger partial charge on any atom is -0.481 e. The Hall–Kier alpha value is -1.36. The summed E-state index contributed by atoms with van der Waals surface area (Å²) < 4.78 is 0.875. The number of nitrogens with zero attached hydrogens (tertiary/aromatic N) is 1. The van der Waals surface area contributed by atoms with Gasteiger partial charge >= 0.3 is 5.97 Å². The van der Waals surface area contributed by atoms with Crippen LogP contribution in [0, 0.1) is 6.92 Å². The van der Waals surface area contributed by atoms with Crippen LogP contribution in [0.25, 0.3) is 0 Å². The molecule has 0 saturated heterocycles. The number of hydrogen-bond acceptors (Lipinski definition) is 2. The molecule has 0 aliphatic carbocycles. The number of carbonyl (C=O) groups excluding carboxylic acids is 1.